The topological polar surface area (TPSA) is 53.5 Å². The minimum atomic E-state index is -0.212. The first-order chi connectivity index (χ1) is 15.5. The zero-order valence-corrected chi connectivity index (χ0v) is 19.4. The van der Waals surface area contributed by atoms with E-state index in [1.165, 1.54) is 0 Å². The van der Waals surface area contributed by atoms with Gasteiger partial charge in [0.1, 0.15) is 0 Å². The van der Waals surface area contributed by atoms with Gasteiger partial charge in [0.05, 0.1) is 6.04 Å². The Hall–Kier alpha value is -3.40. The van der Waals surface area contributed by atoms with Crippen LogP contribution in [0.2, 0.25) is 0 Å². The Balaban J connectivity index is 1.75. The molecule has 0 aliphatic heterocycles. The highest BCUT2D eigenvalue weighted by atomic mass is 16.2. The van der Waals surface area contributed by atoms with E-state index >= 15 is 0 Å². The normalized spacial score (nSPS) is 12.3. The maximum Gasteiger partial charge on any atom is 0.319 e. The minimum absolute atomic E-state index is 0.174. The van der Waals surface area contributed by atoms with E-state index in [-0.39, 0.29) is 12.1 Å². The molecule has 0 fully saturated rings. The molecule has 4 heteroatoms. The van der Waals surface area contributed by atoms with Gasteiger partial charge < -0.3 is 10.6 Å². The predicted octanol–water partition coefficient (Wildman–Crippen LogP) is 6.92. The largest absolute Gasteiger partial charge is 0.335 e. The fourth-order valence-corrected chi connectivity index (χ4v) is 3.69. The van der Waals surface area contributed by atoms with Crippen LogP contribution in [0.4, 0.5) is 10.5 Å². The maximum absolute atomic E-state index is 12.9. The van der Waals surface area contributed by atoms with Gasteiger partial charge in [-0.1, -0.05) is 107 Å². The van der Waals surface area contributed by atoms with Crippen LogP contribution in [0.1, 0.15) is 67.8 Å². The van der Waals surface area contributed by atoms with Gasteiger partial charge in [0.15, 0.2) is 0 Å². The van der Waals surface area contributed by atoms with Gasteiger partial charge >= 0.3 is 6.03 Å². The first kappa shape index (κ1) is 23.3. The summed E-state index contributed by atoms with van der Waals surface area (Å²) in [4.78, 5) is 17.7. The molecule has 3 aromatic rings. The Labute approximate surface area is 191 Å². The van der Waals surface area contributed by atoms with Crippen molar-refractivity contribution < 1.29 is 4.79 Å². The summed E-state index contributed by atoms with van der Waals surface area (Å²) < 4.78 is 0. The molecule has 0 spiro atoms. The molecule has 3 rings (SSSR count). The Morgan fingerprint density at radius 1 is 0.812 bits per heavy atom. The molecule has 0 bridgehead atoms. The molecule has 0 radical (unpaired) electrons. The summed E-state index contributed by atoms with van der Waals surface area (Å²) in [5.41, 5.74) is 5.30. The summed E-state index contributed by atoms with van der Waals surface area (Å²) in [6.07, 6.45) is 1.86. The number of nitrogens with zero attached hydrogens (tertiary/aromatic N) is 1. The Kier molecular flexibility index (Phi) is 8.20. The fraction of sp³-hybridized carbons (Fsp3) is 0.286. The molecule has 3 aromatic carbocycles. The number of carbonyl (C=O) groups excluding carboxylic acids is 1. The zero-order chi connectivity index (χ0) is 22.9. The summed E-state index contributed by atoms with van der Waals surface area (Å²) >= 11 is 0. The maximum atomic E-state index is 12.9. The first-order valence-electron chi connectivity index (χ1n) is 11.3. The van der Waals surface area contributed by atoms with E-state index in [1.54, 1.807) is 0 Å². The predicted molar refractivity (Wildman–Crippen MR) is 135 cm³/mol. The molecule has 166 valence electrons. The van der Waals surface area contributed by atoms with Gasteiger partial charge in [-0.05, 0) is 34.1 Å². The molecule has 32 heavy (non-hydrogen) atoms. The van der Waals surface area contributed by atoms with Gasteiger partial charge in [0.2, 0.25) is 0 Å². The van der Waals surface area contributed by atoms with E-state index in [1.807, 2.05) is 66.9 Å². The first-order valence-corrected chi connectivity index (χ1v) is 11.3. The van der Waals surface area contributed by atoms with Crippen molar-refractivity contribution in [3.63, 3.8) is 0 Å². The fourth-order valence-electron chi connectivity index (χ4n) is 3.69. The Morgan fingerprint density at radius 2 is 1.38 bits per heavy atom. The van der Waals surface area contributed by atoms with E-state index in [0.717, 1.165) is 27.9 Å². The highest BCUT2D eigenvalue weighted by Gasteiger charge is 2.17. The van der Waals surface area contributed by atoms with Crippen LogP contribution >= 0.6 is 0 Å². The van der Waals surface area contributed by atoms with Crippen molar-refractivity contribution in [2.75, 3.05) is 11.9 Å². The number of amides is 2. The smallest absolute Gasteiger partial charge is 0.319 e. The van der Waals surface area contributed by atoms with Crippen LogP contribution in [-0.4, -0.2) is 18.8 Å². The van der Waals surface area contributed by atoms with Crippen molar-refractivity contribution in [1.29, 1.82) is 0 Å². The second-order valence-electron chi connectivity index (χ2n) is 8.57. The van der Waals surface area contributed by atoms with Crippen LogP contribution in [0.15, 0.2) is 83.9 Å². The lowest BCUT2D eigenvalue weighted by molar-refractivity contribution is 0.251. The second kappa shape index (κ2) is 11.3. The summed E-state index contributed by atoms with van der Waals surface area (Å²) in [7, 11) is 0. The number of hydrogen-bond donors (Lipinski definition) is 2. The van der Waals surface area contributed by atoms with Gasteiger partial charge in [0, 0.05) is 18.4 Å². The summed E-state index contributed by atoms with van der Waals surface area (Å²) in [6, 6.07) is 25.9. The number of nitrogens with one attached hydrogen (secondary N) is 2. The highest BCUT2D eigenvalue weighted by Crippen LogP contribution is 2.32. The van der Waals surface area contributed by atoms with E-state index in [0.29, 0.717) is 18.4 Å². The molecular formula is C28H33N3O. The van der Waals surface area contributed by atoms with Crippen molar-refractivity contribution in [3.05, 3.63) is 101 Å². The SMILES string of the molecule is CC(C)c1cccc(C(C)C)c1NC(=O)NC[C@H](N=Cc1ccccc1)c1ccccc1. The molecule has 0 heterocycles. The van der Waals surface area contributed by atoms with E-state index in [2.05, 4.69) is 56.5 Å². The molecule has 2 amide bonds. The number of carbonyl (C=O) groups is 1. The second-order valence-corrected chi connectivity index (χ2v) is 8.57. The molecular weight excluding hydrogens is 394 g/mol. The lowest BCUT2D eigenvalue weighted by atomic mass is 9.93. The average molecular weight is 428 g/mol. The van der Waals surface area contributed by atoms with Gasteiger partial charge in [-0.15, -0.1) is 0 Å². The molecule has 0 unspecified atom stereocenters. The lowest BCUT2D eigenvalue weighted by Crippen LogP contribution is -2.33. The Morgan fingerprint density at radius 3 is 1.94 bits per heavy atom. The standard InChI is InChI=1S/C28H33N3O/c1-20(2)24-16-11-17-25(21(3)4)27(24)31-28(32)30-19-26(23-14-9-6-10-15-23)29-18-22-12-7-5-8-13-22/h5-18,20-21,26H,19H2,1-4H3,(H2,30,31,32)/t26-/m0/s1. The average Bonchev–Trinajstić information content (AvgIpc) is 2.80. The molecule has 0 aliphatic rings. The van der Waals surface area contributed by atoms with Crippen molar-refractivity contribution in [2.45, 2.75) is 45.6 Å². The number of hydrogen-bond acceptors (Lipinski definition) is 2. The van der Waals surface area contributed by atoms with Crippen molar-refractivity contribution >= 4 is 17.9 Å². The summed E-state index contributed by atoms with van der Waals surface area (Å²) in [5.74, 6) is 0.632. The van der Waals surface area contributed by atoms with Crippen LogP contribution < -0.4 is 10.6 Å². The summed E-state index contributed by atoms with van der Waals surface area (Å²) in [5, 5.41) is 6.16. The van der Waals surface area contributed by atoms with E-state index in [4.69, 9.17) is 4.99 Å². The molecule has 1 atom stereocenters. The number of anilines is 1. The third-order valence-electron chi connectivity index (χ3n) is 5.45. The highest BCUT2D eigenvalue weighted by molar-refractivity contribution is 5.91. The summed E-state index contributed by atoms with van der Waals surface area (Å²) in [6.45, 7) is 8.98. The molecule has 2 N–H and O–H groups in total. The minimum Gasteiger partial charge on any atom is -0.335 e. The number of urea groups is 1. The zero-order valence-electron chi connectivity index (χ0n) is 19.4. The third kappa shape index (κ3) is 6.30. The van der Waals surface area contributed by atoms with Crippen LogP contribution in [0, 0.1) is 0 Å². The molecule has 0 aromatic heterocycles. The lowest BCUT2D eigenvalue weighted by Gasteiger charge is -2.21. The number of para-hydroxylation sites is 1. The quantitative estimate of drug-likeness (QED) is 0.377. The molecule has 0 aliphatic carbocycles. The van der Waals surface area contributed by atoms with E-state index < -0.39 is 0 Å². The molecule has 0 saturated heterocycles. The monoisotopic (exact) mass is 427 g/mol. The number of aliphatic imine (C=N–C) groups is 1. The van der Waals surface area contributed by atoms with Crippen LogP contribution in [0.5, 0.6) is 0 Å². The molecule has 4 nitrogen and oxygen atoms in total. The van der Waals surface area contributed by atoms with Gasteiger partial charge in [-0.25, -0.2) is 4.79 Å². The van der Waals surface area contributed by atoms with Crippen molar-refractivity contribution in [3.8, 4) is 0 Å². The van der Waals surface area contributed by atoms with Crippen LogP contribution in [0.3, 0.4) is 0 Å². The Bertz CT molecular complexity index is 1000. The number of benzene rings is 3. The number of rotatable bonds is 8. The molecule has 0 saturated carbocycles. The van der Waals surface area contributed by atoms with Crippen LogP contribution in [0.25, 0.3) is 0 Å². The van der Waals surface area contributed by atoms with Crippen molar-refractivity contribution in [2.24, 2.45) is 4.99 Å². The third-order valence-corrected chi connectivity index (χ3v) is 5.45. The van der Waals surface area contributed by atoms with Crippen LogP contribution in [-0.2, 0) is 0 Å². The van der Waals surface area contributed by atoms with Gasteiger partial charge in [0.25, 0.3) is 0 Å². The van der Waals surface area contributed by atoms with Crippen molar-refractivity contribution in [1.82, 2.24) is 5.32 Å². The van der Waals surface area contributed by atoms with Gasteiger partial charge in [-0.2, -0.15) is 0 Å². The van der Waals surface area contributed by atoms with Gasteiger partial charge in [-0.3, -0.25) is 4.99 Å². The van der Waals surface area contributed by atoms with E-state index in [9.17, 15) is 4.79 Å².